The Morgan fingerprint density at radius 3 is 1.92 bits per heavy atom. The number of hydrogen-bond donors (Lipinski definition) is 1. The van der Waals surface area contributed by atoms with E-state index in [1.807, 2.05) is 0 Å². The number of hydrogen-bond acceptors (Lipinski definition) is 6. The van der Waals surface area contributed by atoms with Gasteiger partial charge in [-0.05, 0) is 36.4 Å². The van der Waals surface area contributed by atoms with E-state index in [4.69, 9.17) is 23.2 Å². The van der Waals surface area contributed by atoms with E-state index in [9.17, 15) is 18.0 Å². The Kier molecular flexibility index (Phi) is 6.12. The first kappa shape index (κ1) is 20.0. The lowest BCUT2D eigenvalue weighted by Crippen LogP contribution is -2.16. The van der Waals surface area contributed by atoms with Crippen LogP contribution in [-0.2, 0) is 19.5 Å². The zero-order valence-corrected chi connectivity index (χ0v) is 15.9. The summed E-state index contributed by atoms with van der Waals surface area (Å²) >= 11 is 11.8. The Labute approximate surface area is 159 Å². The number of nitrogens with one attached hydrogen (secondary N) is 1. The van der Waals surface area contributed by atoms with E-state index in [0.29, 0.717) is 5.02 Å². The summed E-state index contributed by atoms with van der Waals surface area (Å²) in [6, 6.07) is 7.52. The van der Waals surface area contributed by atoms with Crippen molar-refractivity contribution in [2.45, 2.75) is 4.90 Å². The van der Waals surface area contributed by atoms with E-state index in [2.05, 4.69) is 14.2 Å². The molecule has 0 radical (unpaired) electrons. The summed E-state index contributed by atoms with van der Waals surface area (Å²) in [6.07, 6.45) is 0. The Balaban J connectivity index is 2.53. The first-order chi connectivity index (χ1) is 12.2. The molecule has 2 rings (SSSR count). The van der Waals surface area contributed by atoms with Crippen molar-refractivity contribution in [1.29, 1.82) is 0 Å². The van der Waals surface area contributed by atoms with Gasteiger partial charge in [-0.2, -0.15) is 0 Å². The molecule has 26 heavy (non-hydrogen) atoms. The Morgan fingerprint density at radius 2 is 1.46 bits per heavy atom. The van der Waals surface area contributed by atoms with Gasteiger partial charge >= 0.3 is 11.9 Å². The average molecular weight is 418 g/mol. The highest BCUT2D eigenvalue weighted by Gasteiger charge is 2.22. The van der Waals surface area contributed by atoms with E-state index in [1.165, 1.54) is 24.3 Å². The summed E-state index contributed by atoms with van der Waals surface area (Å²) in [4.78, 5) is 23.2. The summed E-state index contributed by atoms with van der Waals surface area (Å²) in [5.74, 6) is -1.62. The second kappa shape index (κ2) is 7.94. The van der Waals surface area contributed by atoms with Gasteiger partial charge in [0.2, 0.25) is 0 Å². The van der Waals surface area contributed by atoms with Crippen molar-refractivity contribution in [3.8, 4) is 0 Å². The molecule has 2 aromatic carbocycles. The lowest BCUT2D eigenvalue weighted by Gasteiger charge is -2.12. The fourth-order valence-corrected chi connectivity index (χ4v) is 3.66. The predicted octanol–water partition coefficient (Wildman–Crippen LogP) is 3.37. The van der Waals surface area contributed by atoms with E-state index < -0.39 is 22.0 Å². The summed E-state index contributed by atoms with van der Waals surface area (Å²) in [7, 11) is -1.91. The summed E-state index contributed by atoms with van der Waals surface area (Å²) < 4.78 is 36.8. The first-order valence-electron chi connectivity index (χ1n) is 6.97. The molecule has 0 saturated carbocycles. The number of benzene rings is 2. The average Bonchev–Trinajstić information content (AvgIpc) is 2.62. The Hall–Kier alpha value is -2.29. The third-order valence-corrected chi connectivity index (χ3v) is 5.13. The molecule has 0 heterocycles. The van der Waals surface area contributed by atoms with Gasteiger partial charge in [-0.15, -0.1) is 0 Å². The maximum atomic E-state index is 12.7. The number of anilines is 1. The quantitative estimate of drug-likeness (QED) is 0.748. The highest BCUT2D eigenvalue weighted by molar-refractivity contribution is 7.92. The molecular weight excluding hydrogens is 405 g/mol. The molecule has 0 saturated heterocycles. The second-order valence-electron chi connectivity index (χ2n) is 4.96. The number of sulfonamides is 1. The van der Waals surface area contributed by atoms with Gasteiger partial charge < -0.3 is 9.47 Å². The molecule has 138 valence electrons. The van der Waals surface area contributed by atoms with Crippen molar-refractivity contribution >= 4 is 50.9 Å². The van der Waals surface area contributed by atoms with Crippen LogP contribution in [0.4, 0.5) is 5.69 Å². The highest BCUT2D eigenvalue weighted by atomic mass is 35.5. The molecule has 0 aliphatic rings. The largest absolute Gasteiger partial charge is 0.465 e. The number of esters is 2. The lowest BCUT2D eigenvalue weighted by molar-refractivity contribution is 0.0598. The molecule has 10 heteroatoms. The summed E-state index contributed by atoms with van der Waals surface area (Å²) in [5, 5.41) is 0.414. The van der Waals surface area contributed by atoms with Gasteiger partial charge in [-0.3, -0.25) is 4.72 Å². The van der Waals surface area contributed by atoms with Gasteiger partial charge in [0.15, 0.2) is 0 Å². The maximum Gasteiger partial charge on any atom is 0.337 e. The maximum absolute atomic E-state index is 12.7. The number of methoxy groups -OCH3 is 2. The molecule has 0 aliphatic heterocycles. The number of halogens is 2. The first-order valence-corrected chi connectivity index (χ1v) is 9.21. The smallest absolute Gasteiger partial charge is 0.337 e. The van der Waals surface area contributed by atoms with E-state index >= 15 is 0 Å². The normalized spacial score (nSPS) is 10.9. The van der Waals surface area contributed by atoms with Crippen LogP contribution in [0.15, 0.2) is 41.3 Å². The summed E-state index contributed by atoms with van der Waals surface area (Å²) in [5.41, 5.74) is -0.171. The van der Waals surface area contributed by atoms with Gasteiger partial charge in [0.25, 0.3) is 10.0 Å². The minimum Gasteiger partial charge on any atom is -0.465 e. The molecule has 0 atom stereocenters. The molecule has 0 aromatic heterocycles. The van der Waals surface area contributed by atoms with Crippen molar-refractivity contribution in [2.24, 2.45) is 0 Å². The summed E-state index contributed by atoms with van der Waals surface area (Å²) in [6.45, 7) is 0. The molecule has 2 aromatic rings. The molecule has 0 bridgehead atoms. The van der Waals surface area contributed by atoms with Crippen molar-refractivity contribution in [1.82, 2.24) is 0 Å². The molecule has 0 aliphatic carbocycles. The van der Waals surface area contributed by atoms with Gasteiger partial charge in [-0.25, -0.2) is 18.0 Å². The van der Waals surface area contributed by atoms with Crippen molar-refractivity contribution in [3.63, 3.8) is 0 Å². The van der Waals surface area contributed by atoms with E-state index in [0.717, 1.165) is 26.4 Å². The molecule has 0 amide bonds. The lowest BCUT2D eigenvalue weighted by atomic mass is 10.1. The predicted molar refractivity (Wildman–Crippen MR) is 96.4 cm³/mol. The third kappa shape index (κ3) is 4.46. The monoisotopic (exact) mass is 417 g/mol. The highest BCUT2D eigenvalue weighted by Crippen LogP contribution is 2.28. The topological polar surface area (TPSA) is 98.8 Å². The molecule has 1 N–H and O–H groups in total. The molecular formula is C16H13Cl2NO6S. The van der Waals surface area contributed by atoms with Crippen molar-refractivity contribution in [2.75, 3.05) is 18.9 Å². The number of rotatable bonds is 5. The van der Waals surface area contributed by atoms with Crippen LogP contribution in [-0.4, -0.2) is 34.6 Å². The van der Waals surface area contributed by atoms with Gasteiger partial charge in [0.1, 0.15) is 0 Å². The second-order valence-corrected chi connectivity index (χ2v) is 7.48. The van der Waals surface area contributed by atoms with Gasteiger partial charge in [0, 0.05) is 5.02 Å². The van der Waals surface area contributed by atoms with Gasteiger partial charge in [0.05, 0.1) is 41.0 Å². The zero-order chi connectivity index (χ0) is 19.5. The molecule has 0 unspecified atom stereocenters. The molecule has 7 nitrogen and oxygen atoms in total. The van der Waals surface area contributed by atoms with Crippen molar-refractivity contribution in [3.05, 3.63) is 57.6 Å². The van der Waals surface area contributed by atoms with E-state index in [1.54, 1.807) is 0 Å². The zero-order valence-electron chi connectivity index (χ0n) is 13.6. The van der Waals surface area contributed by atoms with Crippen LogP contribution in [0.5, 0.6) is 0 Å². The number of carbonyl (C=O) groups is 2. The third-order valence-electron chi connectivity index (χ3n) is 3.23. The Bertz CT molecular complexity index is 940. The fourth-order valence-electron chi connectivity index (χ4n) is 2.00. The Morgan fingerprint density at radius 1 is 0.923 bits per heavy atom. The van der Waals surface area contributed by atoms with Crippen LogP contribution < -0.4 is 4.72 Å². The van der Waals surface area contributed by atoms with E-state index in [-0.39, 0.29) is 26.7 Å². The van der Waals surface area contributed by atoms with Crippen LogP contribution in [0, 0.1) is 0 Å². The van der Waals surface area contributed by atoms with Crippen LogP contribution in [0.25, 0.3) is 0 Å². The number of ether oxygens (including phenoxy) is 2. The number of carbonyl (C=O) groups excluding carboxylic acids is 2. The SMILES string of the molecule is COC(=O)c1cc(C(=O)OC)cc(S(=O)(=O)Nc2ccc(Cl)cc2Cl)c1. The van der Waals surface area contributed by atoms with Crippen LogP contribution >= 0.6 is 23.2 Å². The fraction of sp³-hybridized carbons (Fsp3) is 0.125. The molecule has 0 fully saturated rings. The van der Waals surface area contributed by atoms with Crippen molar-refractivity contribution < 1.29 is 27.5 Å². The van der Waals surface area contributed by atoms with Crippen LogP contribution in [0.3, 0.4) is 0 Å². The standard InChI is InChI=1S/C16H13Cl2NO6S/c1-24-15(20)9-5-10(16(21)25-2)7-12(6-9)26(22,23)19-14-4-3-11(17)8-13(14)18/h3-8,19H,1-2H3. The van der Waals surface area contributed by atoms with Gasteiger partial charge in [-0.1, -0.05) is 23.2 Å². The minimum atomic E-state index is -4.17. The van der Waals surface area contributed by atoms with Crippen LogP contribution in [0.2, 0.25) is 10.0 Å². The van der Waals surface area contributed by atoms with Crippen LogP contribution in [0.1, 0.15) is 20.7 Å². The molecule has 0 spiro atoms. The minimum absolute atomic E-state index is 0.0818.